The van der Waals surface area contributed by atoms with Crippen LogP contribution >= 0.6 is 11.5 Å². The lowest BCUT2D eigenvalue weighted by Gasteiger charge is -2.21. The van der Waals surface area contributed by atoms with Gasteiger partial charge in [-0.2, -0.15) is 4.37 Å². The molecule has 4 nitrogen and oxygen atoms in total. The van der Waals surface area contributed by atoms with Crippen LogP contribution in [0.5, 0.6) is 0 Å². The van der Waals surface area contributed by atoms with E-state index < -0.39 is 0 Å². The van der Waals surface area contributed by atoms with Gasteiger partial charge < -0.3 is 14.7 Å². The molecule has 2 aromatic rings. The van der Waals surface area contributed by atoms with Crippen LogP contribution in [0.2, 0.25) is 0 Å². The van der Waals surface area contributed by atoms with E-state index in [4.69, 9.17) is 9.84 Å². The van der Waals surface area contributed by atoms with Crippen molar-refractivity contribution in [1.29, 1.82) is 0 Å². The fourth-order valence-electron chi connectivity index (χ4n) is 1.74. The molecule has 2 rings (SSSR count). The minimum atomic E-state index is 0.135. The van der Waals surface area contributed by atoms with Gasteiger partial charge in [0, 0.05) is 25.6 Å². The Labute approximate surface area is 105 Å². The summed E-state index contributed by atoms with van der Waals surface area (Å²) in [4.78, 5) is 2.11. The fourth-order valence-corrected chi connectivity index (χ4v) is 2.65. The number of benzene rings is 1. The van der Waals surface area contributed by atoms with E-state index in [1.54, 1.807) is 7.11 Å². The van der Waals surface area contributed by atoms with Crippen LogP contribution in [0.4, 0.5) is 5.00 Å². The number of methoxy groups -OCH3 is 1. The predicted molar refractivity (Wildman–Crippen MR) is 70.8 cm³/mol. The quantitative estimate of drug-likeness (QED) is 0.850. The summed E-state index contributed by atoms with van der Waals surface area (Å²) in [5, 5.41) is 11.4. The van der Waals surface area contributed by atoms with Crippen molar-refractivity contribution in [2.45, 2.75) is 0 Å². The molecule has 17 heavy (non-hydrogen) atoms. The number of aliphatic hydroxyl groups excluding tert-OH is 1. The van der Waals surface area contributed by atoms with Gasteiger partial charge in [0.2, 0.25) is 0 Å². The van der Waals surface area contributed by atoms with Gasteiger partial charge in [0.1, 0.15) is 5.00 Å². The minimum Gasteiger partial charge on any atom is -0.395 e. The van der Waals surface area contributed by atoms with Crippen molar-refractivity contribution in [3.63, 3.8) is 0 Å². The molecule has 1 aromatic heterocycles. The topological polar surface area (TPSA) is 45.6 Å². The first-order valence-electron chi connectivity index (χ1n) is 5.56. The molecule has 1 N–H and O–H groups in total. The van der Waals surface area contributed by atoms with Crippen molar-refractivity contribution in [1.82, 2.24) is 4.37 Å². The summed E-state index contributed by atoms with van der Waals surface area (Å²) < 4.78 is 9.50. The zero-order valence-corrected chi connectivity index (χ0v) is 10.6. The second-order valence-corrected chi connectivity index (χ2v) is 4.46. The molecule has 1 aromatic carbocycles. The lowest BCUT2D eigenvalue weighted by molar-refractivity contribution is 0.203. The highest BCUT2D eigenvalue weighted by atomic mass is 32.1. The molecule has 0 bridgehead atoms. The van der Waals surface area contributed by atoms with Gasteiger partial charge in [-0.05, 0) is 23.7 Å². The lowest BCUT2D eigenvalue weighted by Crippen LogP contribution is -2.29. The summed E-state index contributed by atoms with van der Waals surface area (Å²) in [5.74, 6) is 0. The number of hydrogen-bond acceptors (Lipinski definition) is 5. The van der Waals surface area contributed by atoms with Crippen LogP contribution in [-0.4, -0.2) is 42.9 Å². The zero-order chi connectivity index (χ0) is 12.1. The molecule has 5 heteroatoms. The first-order valence-corrected chi connectivity index (χ1v) is 6.33. The van der Waals surface area contributed by atoms with Crippen LogP contribution in [0.1, 0.15) is 0 Å². The van der Waals surface area contributed by atoms with Crippen molar-refractivity contribution in [2.24, 2.45) is 0 Å². The predicted octanol–water partition coefficient (Wildman–Crippen LogP) is 1.74. The molecule has 0 saturated carbocycles. The Balaban J connectivity index is 2.27. The van der Waals surface area contributed by atoms with Gasteiger partial charge in [0.25, 0.3) is 0 Å². The maximum absolute atomic E-state index is 9.11. The first-order chi connectivity index (χ1) is 8.36. The molecule has 0 aliphatic carbocycles. The standard InChI is InChI=1S/C12H16N2O2S/c1-16-9-7-14(6-8-15)12-10-4-2-3-5-11(10)13-17-12/h2-5,15H,6-9H2,1H3. The molecular weight excluding hydrogens is 236 g/mol. The average molecular weight is 252 g/mol. The van der Waals surface area contributed by atoms with E-state index in [0.29, 0.717) is 13.2 Å². The molecule has 0 fully saturated rings. The lowest BCUT2D eigenvalue weighted by atomic mass is 10.2. The van der Waals surface area contributed by atoms with E-state index in [1.165, 1.54) is 11.5 Å². The Morgan fingerprint density at radius 2 is 2.18 bits per heavy atom. The summed E-state index contributed by atoms with van der Waals surface area (Å²) in [5.41, 5.74) is 1.01. The van der Waals surface area contributed by atoms with E-state index >= 15 is 0 Å². The van der Waals surface area contributed by atoms with E-state index in [-0.39, 0.29) is 6.61 Å². The molecule has 0 saturated heterocycles. The molecule has 0 unspecified atom stereocenters. The summed E-state index contributed by atoms with van der Waals surface area (Å²) in [6.45, 7) is 2.15. The fraction of sp³-hybridized carbons (Fsp3) is 0.417. The number of ether oxygens (including phenoxy) is 1. The third-order valence-corrected chi connectivity index (χ3v) is 3.53. The Morgan fingerprint density at radius 3 is 2.94 bits per heavy atom. The summed E-state index contributed by atoms with van der Waals surface area (Å²) >= 11 is 1.47. The molecule has 0 radical (unpaired) electrons. The van der Waals surface area contributed by atoms with Gasteiger partial charge in [-0.25, -0.2) is 0 Å². The Hall–Kier alpha value is -1.17. The number of anilines is 1. The van der Waals surface area contributed by atoms with Crippen LogP contribution in [0, 0.1) is 0 Å². The minimum absolute atomic E-state index is 0.135. The SMILES string of the molecule is COCCN(CCO)c1snc2ccccc12. The van der Waals surface area contributed by atoms with Crippen LogP contribution in [0.15, 0.2) is 24.3 Å². The summed E-state index contributed by atoms with van der Waals surface area (Å²) in [6.07, 6.45) is 0. The highest BCUT2D eigenvalue weighted by Gasteiger charge is 2.12. The van der Waals surface area contributed by atoms with Crippen molar-refractivity contribution in [3.05, 3.63) is 24.3 Å². The molecular formula is C12H16N2O2S. The molecule has 0 amide bonds. The Kier molecular flexibility index (Phi) is 4.30. The maximum atomic E-state index is 9.11. The average Bonchev–Trinajstić information content (AvgIpc) is 2.78. The zero-order valence-electron chi connectivity index (χ0n) is 9.80. The second kappa shape index (κ2) is 5.95. The molecule has 92 valence electrons. The molecule has 0 aliphatic rings. The van der Waals surface area contributed by atoms with E-state index in [9.17, 15) is 0 Å². The second-order valence-electron chi connectivity index (χ2n) is 3.71. The van der Waals surface area contributed by atoms with Gasteiger partial charge >= 0.3 is 0 Å². The van der Waals surface area contributed by atoms with Crippen LogP contribution in [0.3, 0.4) is 0 Å². The molecule has 0 atom stereocenters. The van der Waals surface area contributed by atoms with Gasteiger partial charge in [0.15, 0.2) is 0 Å². The van der Waals surface area contributed by atoms with E-state index in [2.05, 4.69) is 15.3 Å². The monoisotopic (exact) mass is 252 g/mol. The van der Waals surface area contributed by atoms with Crippen LogP contribution < -0.4 is 4.90 Å². The Bertz CT molecular complexity index is 472. The highest BCUT2D eigenvalue weighted by Crippen LogP contribution is 2.30. The normalized spacial score (nSPS) is 10.9. The van der Waals surface area contributed by atoms with Crippen LogP contribution in [0.25, 0.3) is 10.9 Å². The molecule has 0 aliphatic heterocycles. The van der Waals surface area contributed by atoms with Crippen molar-refractivity contribution < 1.29 is 9.84 Å². The van der Waals surface area contributed by atoms with Crippen molar-refractivity contribution >= 4 is 27.4 Å². The third kappa shape index (κ3) is 2.74. The number of rotatable bonds is 6. The molecule has 0 spiro atoms. The third-order valence-electron chi connectivity index (χ3n) is 2.59. The number of nitrogens with zero attached hydrogens (tertiary/aromatic N) is 2. The molecule has 1 heterocycles. The largest absolute Gasteiger partial charge is 0.395 e. The number of aromatic nitrogens is 1. The van der Waals surface area contributed by atoms with Gasteiger partial charge in [0.05, 0.1) is 18.7 Å². The van der Waals surface area contributed by atoms with E-state index in [0.717, 1.165) is 22.4 Å². The number of hydrogen-bond donors (Lipinski definition) is 1. The number of aliphatic hydroxyl groups is 1. The van der Waals surface area contributed by atoms with E-state index in [1.807, 2.05) is 18.2 Å². The smallest absolute Gasteiger partial charge is 0.120 e. The Morgan fingerprint density at radius 1 is 1.35 bits per heavy atom. The van der Waals surface area contributed by atoms with Crippen molar-refractivity contribution in [3.8, 4) is 0 Å². The summed E-state index contributed by atoms with van der Waals surface area (Å²) in [6, 6.07) is 8.05. The first kappa shape index (κ1) is 12.3. The van der Waals surface area contributed by atoms with Gasteiger partial charge in [-0.15, -0.1) is 0 Å². The number of fused-ring (bicyclic) bond motifs is 1. The van der Waals surface area contributed by atoms with Gasteiger partial charge in [-0.3, -0.25) is 0 Å². The maximum Gasteiger partial charge on any atom is 0.120 e. The van der Waals surface area contributed by atoms with Gasteiger partial charge in [-0.1, -0.05) is 12.1 Å². The van der Waals surface area contributed by atoms with Crippen LogP contribution in [-0.2, 0) is 4.74 Å². The summed E-state index contributed by atoms with van der Waals surface area (Å²) in [7, 11) is 1.68. The highest BCUT2D eigenvalue weighted by molar-refractivity contribution is 7.11. The van der Waals surface area contributed by atoms with Crippen molar-refractivity contribution in [2.75, 3.05) is 38.3 Å².